The molecule has 0 aliphatic carbocycles. The molecular formula is C16H14BrClN2O3. The topological polar surface area (TPSA) is 59.9 Å². The van der Waals surface area contributed by atoms with Crippen LogP contribution in [0.3, 0.4) is 0 Å². The fourth-order valence-electron chi connectivity index (χ4n) is 1.83. The lowest BCUT2D eigenvalue weighted by Gasteiger charge is -2.09. The largest absolute Gasteiger partial charge is 0.493 e. The number of ether oxygens (including phenoxy) is 2. The maximum atomic E-state index is 12.0. The summed E-state index contributed by atoms with van der Waals surface area (Å²) in [7, 11) is 3.10. The maximum absolute atomic E-state index is 12.0. The predicted octanol–water partition coefficient (Wildman–Crippen LogP) is 3.88. The van der Waals surface area contributed by atoms with E-state index in [1.54, 1.807) is 50.6 Å². The van der Waals surface area contributed by atoms with Crippen molar-refractivity contribution < 1.29 is 14.3 Å². The number of hydrogen-bond donors (Lipinski definition) is 1. The van der Waals surface area contributed by atoms with Gasteiger partial charge < -0.3 is 9.47 Å². The molecule has 5 nitrogen and oxygen atoms in total. The van der Waals surface area contributed by atoms with Gasteiger partial charge in [0.25, 0.3) is 5.91 Å². The van der Waals surface area contributed by atoms with E-state index < -0.39 is 0 Å². The number of hydrogen-bond acceptors (Lipinski definition) is 4. The van der Waals surface area contributed by atoms with Gasteiger partial charge in [0.05, 0.1) is 31.0 Å². The summed E-state index contributed by atoms with van der Waals surface area (Å²) in [5.74, 6) is 0.773. The third-order valence-electron chi connectivity index (χ3n) is 2.99. The Morgan fingerprint density at radius 2 is 1.87 bits per heavy atom. The Labute approximate surface area is 147 Å². The van der Waals surface area contributed by atoms with Crippen LogP contribution in [0, 0.1) is 0 Å². The van der Waals surface area contributed by atoms with E-state index in [9.17, 15) is 4.79 Å². The molecule has 0 fully saturated rings. The van der Waals surface area contributed by atoms with Gasteiger partial charge in [0, 0.05) is 10.0 Å². The summed E-state index contributed by atoms with van der Waals surface area (Å²) in [5, 5.41) is 4.31. The number of amides is 1. The molecule has 120 valence electrons. The molecule has 0 atom stereocenters. The van der Waals surface area contributed by atoms with Gasteiger partial charge in [0.2, 0.25) is 0 Å². The quantitative estimate of drug-likeness (QED) is 0.615. The number of hydrazone groups is 1. The number of carbonyl (C=O) groups excluding carboxylic acids is 1. The molecule has 0 saturated heterocycles. The summed E-state index contributed by atoms with van der Waals surface area (Å²) in [5.41, 5.74) is 3.52. The maximum Gasteiger partial charge on any atom is 0.272 e. The molecule has 1 amide bonds. The molecule has 0 aliphatic rings. The number of rotatable bonds is 5. The van der Waals surface area contributed by atoms with Crippen LogP contribution < -0.4 is 14.9 Å². The van der Waals surface area contributed by atoms with E-state index in [1.807, 2.05) is 0 Å². The van der Waals surface area contributed by atoms with Crippen molar-refractivity contribution in [2.75, 3.05) is 14.2 Å². The summed E-state index contributed by atoms with van der Waals surface area (Å²) in [6, 6.07) is 10.3. The fraction of sp³-hybridized carbons (Fsp3) is 0.125. The second-order valence-corrected chi connectivity index (χ2v) is 5.67. The molecule has 0 aliphatic heterocycles. The molecule has 0 unspecified atom stereocenters. The normalized spacial score (nSPS) is 10.6. The molecule has 23 heavy (non-hydrogen) atoms. The van der Waals surface area contributed by atoms with E-state index in [1.165, 1.54) is 6.21 Å². The molecule has 2 aromatic carbocycles. The van der Waals surface area contributed by atoms with Crippen molar-refractivity contribution in [2.45, 2.75) is 0 Å². The highest BCUT2D eigenvalue weighted by atomic mass is 79.9. The zero-order chi connectivity index (χ0) is 16.8. The molecule has 0 radical (unpaired) electrons. The molecule has 0 spiro atoms. The Morgan fingerprint density at radius 3 is 2.52 bits per heavy atom. The molecule has 1 N–H and O–H groups in total. The zero-order valence-corrected chi connectivity index (χ0v) is 14.8. The second kappa shape index (κ2) is 7.99. The van der Waals surface area contributed by atoms with Crippen molar-refractivity contribution in [3.63, 3.8) is 0 Å². The van der Waals surface area contributed by atoms with Crippen LogP contribution >= 0.6 is 27.5 Å². The summed E-state index contributed by atoms with van der Waals surface area (Å²) in [4.78, 5) is 12.0. The number of carbonyl (C=O) groups is 1. The van der Waals surface area contributed by atoms with Gasteiger partial charge in [-0.3, -0.25) is 4.79 Å². The van der Waals surface area contributed by atoms with Crippen molar-refractivity contribution in [2.24, 2.45) is 5.10 Å². The highest BCUT2D eigenvalue weighted by molar-refractivity contribution is 9.10. The van der Waals surface area contributed by atoms with Crippen LogP contribution in [0.5, 0.6) is 11.5 Å². The predicted molar refractivity (Wildman–Crippen MR) is 93.8 cm³/mol. The van der Waals surface area contributed by atoms with Crippen LogP contribution in [0.2, 0.25) is 5.02 Å². The van der Waals surface area contributed by atoms with Gasteiger partial charge in [-0.05, 0) is 40.2 Å². The van der Waals surface area contributed by atoms with Gasteiger partial charge >= 0.3 is 0 Å². The van der Waals surface area contributed by atoms with Crippen LogP contribution in [-0.4, -0.2) is 26.3 Å². The first-order valence-corrected chi connectivity index (χ1v) is 7.73. The zero-order valence-electron chi connectivity index (χ0n) is 12.5. The molecule has 2 rings (SSSR count). The van der Waals surface area contributed by atoms with Crippen LogP contribution in [0.4, 0.5) is 0 Å². The van der Waals surface area contributed by atoms with Crippen molar-refractivity contribution in [3.8, 4) is 11.5 Å². The first-order valence-electron chi connectivity index (χ1n) is 6.56. The van der Waals surface area contributed by atoms with E-state index in [4.69, 9.17) is 21.1 Å². The SMILES string of the molecule is COc1cc(Br)c(/C=N\NC(=O)c2ccccc2Cl)cc1OC. The first-order chi connectivity index (χ1) is 11.1. The average Bonchev–Trinajstić information content (AvgIpc) is 2.56. The van der Waals surface area contributed by atoms with Gasteiger partial charge in [-0.2, -0.15) is 5.10 Å². The second-order valence-electron chi connectivity index (χ2n) is 4.41. The van der Waals surface area contributed by atoms with Gasteiger partial charge in [0.15, 0.2) is 11.5 Å². The van der Waals surface area contributed by atoms with Crippen molar-refractivity contribution in [3.05, 3.63) is 57.0 Å². The number of halogens is 2. The van der Waals surface area contributed by atoms with Gasteiger partial charge in [-0.25, -0.2) is 5.43 Å². The van der Waals surface area contributed by atoms with E-state index in [0.29, 0.717) is 22.1 Å². The Morgan fingerprint density at radius 1 is 1.22 bits per heavy atom. The molecular weight excluding hydrogens is 384 g/mol. The first kappa shape index (κ1) is 17.3. The van der Waals surface area contributed by atoms with E-state index >= 15 is 0 Å². The molecule has 0 saturated carbocycles. The average molecular weight is 398 g/mol. The number of methoxy groups -OCH3 is 2. The van der Waals surface area contributed by atoms with E-state index in [-0.39, 0.29) is 5.91 Å². The highest BCUT2D eigenvalue weighted by Crippen LogP contribution is 2.32. The fourth-order valence-corrected chi connectivity index (χ4v) is 2.48. The van der Waals surface area contributed by atoms with Gasteiger partial charge in [-0.15, -0.1) is 0 Å². The van der Waals surface area contributed by atoms with Gasteiger partial charge in [0.1, 0.15) is 0 Å². The minimum atomic E-state index is -0.386. The Hall–Kier alpha value is -2.05. The third-order valence-corrected chi connectivity index (χ3v) is 4.01. The summed E-state index contributed by atoms with van der Waals surface area (Å²) in [6.45, 7) is 0. The van der Waals surface area contributed by atoms with E-state index in [0.717, 1.165) is 10.0 Å². The van der Waals surface area contributed by atoms with Crippen molar-refractivity contribution in [1.82, 2.24) is 5.43 Å². The van der Waals surface area contributed by atoms with Crippen molar-refractivity contribution >= 4 is 39.7 Å². The minimum absolute atomic E-state index is 0.359. The number of benzene rings is 2. The highest BCUT2D eigenvalue weighted by Gasteiger charge is 2.10. The summed E-state index contributed by atoms with van der Waals surface area (Å²) >= 11 is 9.38. The van der Waals surface area contributed by atoms with Crippen LogP contribution in [0.25, 0.3) is 0 Å². The Kier molecular flexibility index (Phi) is 6.01. The molecule has 2 aromatic rings. The third kappa shape index (κ3) is 4.24. The lowest BCUT2D eigenvalue weighted by atomic mass is 10.2. The van der Waals surface area contributed by atoms with Crippen LogP contribution in [0.15, 0.2) is 46.0 Å². The summed E-state index contributed by atoms with van der Waals surface area (Å²) < 4.78 is 11.2. The van der Waals surface area contributed by atoms with Crippen molar-refractivity contribution in [1.29, 1.82) is 0 Å². The summed E-state index contributed by atoms with van der Waals surface area (Å²) in [6.07, 6.45) is 1.50. The van der Waals surface area contributed by atoms with Gasteiger partial charge in [-0.1, -0.05) is 23.7 Å². The lowest BCUT2D eigenvalue weighted by molar-refractivity contribution is 0.0955. The molecule has 0 bridgehead atoms. The van der Waals surface area contributed by atoms with E-state index in [2.05, 4.69) is 26.5 Å². The smallest absolute Gasteiger partial charge is 0.272 e. The molecule has 7 heteroatoms. The molecule has 0 heterocycles. The number of nitrogens with one attached hydrogen (secondary N) is 1. The lowest BCUT2D eigenvalue weighted by Crippen LogP contribution is -2.18. The Bertz CT molecular complexity index is 750. The Balaban J connectivity index is 2.15. The monoisotopic (exact) mass is 396 g/mol. The number of nitrogens with zero attached hydrogens (tertiary/aromatic N) is 1. The standard InChI is InChI=1S/C16H14BrClN2O3/c1-22-14-7-10(12(17)8-15(14)23-2)9-19-20-16(21)11-5-3-4-6-13(11)18/h3-9H,1-2H3,(H,20,21)/b19-9-. The van der Waals surface area contributed by atoms with Crippen LogP contribution in [-0.2, 0) is 0 Å². The molecule has 0 aromatic heterocycles. The van der Waals surface area contributed by atoms with Crippen LogP contribution in [0.1, 0.15) is 15.9 Å². The minimum Gasteiger partial charge on any atom is -0.493 e.